The fourth-order valence-corrected chi connectivity index (χ4v) is 2.02. The Kier molecular flexibility index (Phi) is 3.29. The summed E-state index contributed by atoms with van der Waals surface area (Å²) in [4.78, 5) is 0. The fourth-order valence-electron chi connectivity index (χ4n) is 1.90. The number of rotatable bonds is 1. The van der Waals surface area contributed by atoms with E-state index in [-0.39, 0.29) is 18.5 Å². The van der Waals surface area contributed by atoms with E-state index in [4.69, 9.17) is 21.1 Å². The lowest BCUT2D eigenvalue weighted by atomic mass is 10.0. The Morgan fingerprint density at radius 3 is 2.40 bits per heavy atom. The van der Waals surface area contributed by atoms with Crippen molar-refractivity contribution in [3.05, 3.63) is 34.9 Å². The van der Waals surface area contributed by atoms with Gasteiger partial charge in [0, 0.05) is 11.4 Å². The summed E-state index contributed by atoms with van der Waals surface area (Å²) in [6, 6.07) is 7.81. The molecule has 0 saturated carbocycles. The van der Waals surface area contributed by atoms with Gasteiger partial charge in [-0.2, -0.15) is 0 Å². The summed E-state index contributed by atoms with van der Waals surface area (Å²) in [7, 11) is 0. The van der Waals surface area contributed by atoms with Crippen LogP contribution in [0.3, 0.4) is 0 Å². The Morgan fingerprint density at radius 1 is 1.13 bits per heavy atom. The van der Waals surface area contributed by atoms with Crippen molar-refractivity contribution in [1.29, 1.82) is 0 Å². The molecule has 0 aliphatic carbocycles. The van der Waals surface area contributed by atoms with E-state index in [0.717, 1.165) is 11.4 Å². The average molecular weight is 227 g/mol. The van der Waals surface area contributed by atoms with Crippen molar-refractivity contribution in [2.75, 3.05) is 0 Å². The molecule has 2 rings (SSSR count). The van der Waals surface area contributed by atoms with Gasteiger partial charge in [0.25, 0.3) is 0 Å². The average Bonchev–Trinajstić information content (AvgIpc) is 2.17. The number of ether oxygens (including phenoxy) is 2. The van der Waals surface area contributed by atoms with Gasteiger partial charge in [0.15, 0.2) is 6.29 Å². The number of hydrogen-bond acceptors (Lipinski definition) is 2. The van der Waals surface area contributed by atoms with Gasteiger partial charge in [-0.3, -0.25) is 0 Å². The van der Waals surface area contributed by atoms with Crippen molar-refractivity contribution in [2.45, 2.75) is 38.8 Å². The molecule has 1 heterocycles. The molecule has 0 radical (unpaired) electrons. The van der Waals surface area contributed by atoms with E-state index in [1.54, 1.807) is 0 Å². The predicted molar refractivity (Wildman–Crippen MR) is 59.9 cm³/mol. The van der Waals surface area contributed by atoms with Crippen molar-refractivity contribution >= 4 is 11.6 Å². The quantitative estimate of drug-likeness (QED) is 0.729. The molecule has 0 spiro atoms. The molecule has 0 aromatic heterocycles. The van der Waals surface area contributed by atoms with Gasteiger partial charge in [-0.05, 0) is 31.5 Å². The Bertz CT molecular complexity index is 313. The monoisotopic (exact) mass is 226 g/mol. The number of benzene rings is 1. The zero-order valence-electron chi connectivity index (χ0n) is 8.94. The molecule has 1 aliphatic rings. The Labute approximate surface area is 95.1 Å². The van der Waals surface area contributed by atoms with Gasteiger partial charge >= 0.3 is 0 Å². The Hall–Kier alpha value is -0.570. The summed E-state index contributed by atoms with van der Waals surface area (Å²) in [5, 5.41) is 0.756. The number of hydrogen-bond donors (Lipinski definition) is 0. The molecule has 1 aromatic carbocycles. The van der Waals surface area contributed by atoms with E-state index in [1.807, 2.05) is 31.2 Å². The van der Waals surface area contributed by atoms with E-state index in [0.29, 0.717) is 0 Å². The van der Waals surface area contributed by atoms with Gasteiger partial charge in [0.05, 0.1) is 12.2 Å². The van der Waals surface area contributed by atoms with Crippen LogP contribution in [0.25, 0.3) is 0 Å². The third kappa shape index (κ3) is 2.71. The largest absolute Gasteiger partial charge is 0.350 e. The fraction of sp³-hybridized carbons (Fsp3) is 0.500. The highest BCUT2D eigenvalue weighted by molar-refractivity contribution is 6.30. The second-order valence-corrected chi connectivity index (χ2v) is 4.36. The van der Waals surface area contributed by atoms with E-state index < -0.39 is 0 Å². The Balaban J connectivity index is 2.12. The molecule has 0 bridgehead atoms. The van der Waals surface area contributed by atoms with Crippen LogP contribution in [0.4, 0.5) is 0 Å². The first-order chi connectivity index (χ1) is 7.15. The van der Waals surface area contributed by atoms with Crippen LogP contribution in [0.5, 0.6) is 0 Å². The van der Waals surface area contributed by atoms with Crippen LogP contribution in [-0.2, 0) is 9.47 Å². The maximum absolute atomic E-state index is 5.84. The zero-order chi connectivity index (χ0) is 10.8. The summed E-state index contributed by atoms with van der Waals surface area (Å²) in [6.45, 7) is 4.00. The minimum atomic E-state index is -0.130. The molecule has 82 valence electrons. The zero-order valence-corrected chi connectivity index (χ0v) is 9.70. The van der Waals surface area contributed by atoms with Gasteiger partial charge < -0.3 is 9.47 Å². The summed E-state index contributed by atoms with van der Waals surface area (Å²) < 4.78 is 11.2. The minimum absolute atomic E-state index is 0.126. The first-order valence-corrected chi connectivity index (χ1v) is 5.59. The first kappa shape index (κ1) is 10.9. The van der Waals surface area contributed by atoms with E-state index in [9.17, 15) is 0 Å². The molecule has 3 atom stereocenters. The van der Waals surface area contributed by atoms with Gasteiger partial charge in [-0.15, -0.1) is 0 Å². The van der Waals surface area contributed by atoms with Crippen LogP contribution in [0.15, 0.2) is 24.3 Å². The summed E-state index contributed by atoms with van der Waals surface area (Å²) in [6.07, 6.45) is 1.14. The molecule has 2 nitrogen and oxygen atoms in total. The van der Waals surface area contributed by atoms with Crippen LogP contribution in [-0.4, -0.2) is 12.4 Å². The molecular weight excluding hydrogens is 212 g/mol. The molecule has 3 unspecified atom stereocenters. The van der Waals surface area contributed by atoms with E-state index >= 15 is 0 Å². The summed E-state index contributed by atoms with van der Waals surface area (Å²) >= 11 is 5.84. The normalized spacial score (nSPS) is 31.5. The third-order valence-corrected chi connectivity index (χ3v) is 2.82. The summed E-state index contributed by atoms with van der Waals surface area (Å²) in [5.41, 5.74) is 1.17. The van der Waals surface area contributed by atoms with Crippen LogP contribution in [0, 0.1) is 0 Å². The predicted octanol–water partition coefficient (Wildman–Crippen LogP) is 3.55. The standard InChI is InChI=1S/C12H15ClO2/c1-8-7-12(15-9(2)14-8)10-3-5-11(13)6-4-10/h3-6,8-9,12H,7H2,1-2H3. The molecule has 3 heteroatoms. The maximum atomic E-state index is 5.84. The molecule has 1 aliphatic heterocycles. The SMILES string of the molecule is CC1CC(c2ccc(Cl)cc2)OC(C)O1. The van der Waals surface area contributed by atoms with E-state index in [2.05, 4.69) is 6.92 Å². The van der Waals surface area contributed by atoms with Crippen molar-refractivity contribution in [3.63, 3.8) is 0 Å². The lowest BCUT2D eigenvalue weighted by Gasteiger charge is -2.32. The van der Waals surface area contributed by atoms with Crippen LogP contribution < -0.4 is 0 Å². The smallest absolute Gasteiger partial charge is 0.155 e. The number of halogens is 1. The third-order valence-electron chi connectivity index (χ3n) is 2.57. The lowest BCUT2D eigenvalue weighted by molar-refractivity contribution is -0.231. The van der Waals surface area contributed by atoms with Crippen LogP contribution in [0.2, 0.25) is 5.02 Å². The molecule has 1 fully saturated rings. The van der Waals surface area contributed by atoms with Crippen molar-refractivity contribution in [3.8, 4) is 0 Å². The van der Waals surface area contributed by atoms with E-state index in [1.165, 1.54) is 5.56 Å². The Morgan fingerprint density at radius 2 is 1.80 bits per heavy atom. The van der Waals surface area contributed by atoms with Crippen molar-refractivity contribution in [1.82, 2.24) is 0 Å². The van der Waals surface area contributed by atoms with Gasteiger partial charge in [0.1, 0.15) is 0 Å². The van der Waals surface area contributed by atoms with Crippen molar-refractivity contribution in [2.24, 2.45) is 0 Å². The minimum Gasteiger partial charge on any atom is -0.350 e. The molecule has 1 aromatic rings. The highest BCUT2D eigenvalue weighted by atomic mass is 35.5. The van der Waals surface area contributed by atoms with Crippen molar-refractivity contribution < 1.29 is 9.47 Å². The molecule has 15 heavy (non-hydrogen) atoms. The second kappa shape index (κ2) is 4.52. The molecule has 1 saturated heterocycles. The molecular formula is C12H15ClO2. The van der Waals surface area contributed by atoms with Gasteiger partial charge in [-0.1, -0.05) is 23.7 Å². The highest BCUT2D eigenvalue weighted by Gasteiger charge is 2.25. The summed E-state index contributed by atoms with van der Waals surface area (Å²) in [5.74, 6) is 0. The maximum Gasteiger partial charge on any atom is 0.155 e. The lowest BCUT2D eigenvalue weighted by Crippen LogP contribution is -2.30. The topological polar surface area (TPSA) is 18.5 Å². The van der Waals surface area contributed by atoms with Crippen LogP contribution in [0.1, 0.15) is 31.9 Å². The van der Waals surface area contributed by atoms with Crippen LogP contribution >= 0.6 is 11.6 Å². The first-order valence-electron chi connectivity index (χ1n) is 5.21. The van der Waals surface area contributed by atoms with Gasteiger partial charge in [0.2, 0.25) is 0 Å². The van der Waals surface area contributed by atoms with Gasteiger partial charge in [-0.25, -0.2) is 0 Å². The second-order valence-electron chi connectivity index (χ2n) is 3.93. The molecule has 0 N–H and O–H groups in total. The molecule has 0 amide bonds. The highest BCUT2D eigenvalue weighted by Crippen LogP contribution is 2.30.